The van der Waals surface area contributed by atoms with Crippen LogP contribution in [0.5, 0.6) is 0 Å². The summed E-state index contributed by atoms with van der Waals surface area (Å²) < 4.78 is 1.85. The Hall–Kier alpha value is -1.19. The summed E-state index contributed by atoms with van der Waals surface area (Å²) in [6.07, 6.45) is 0. The molecule has 1 aromatic carbocycles. The number of rotatable bonds is 2. The van der Waals surface area contributed by atoms with Crippen molar-refractivity contribution in [2.75, 3.05) is 5.73 Å². The zero-order chi connectivity index (χ0) is 12.6. The van der Waals surface area contributed by atoms with Crippen molar-refractivity contribution >= 4 is 28.9 Å². The van der Waals surface area contributed by atoms with Crippen LogP contribution in [0, 0.1) is 13.8 Å². The molecule has 0 saturated heterocycles. The lowest BCUT2D eigenvalue weighted by Gasteiger charge is -2.07. The van der Waals surface area contributed by atoms with E-state index in [9.17, 15) is 0 Å². The first kappa shape index (κ1) is 12.3. The van der Waals surface area contributed by atoms with Gasteiger partial charge in [0.1, 0.15) is 0 Å². The maximum atomic E-state index is 6.12. The van der Waals surface area contributed by atoms with Gasteiger partial charge in [0.2, 0.25) is 0 Å². The van der Waals surface area contributed by atoms with Crippen LogP contribution in [0.25, 0.3) is 0 Å². The Morgan fingerprint density at radius 1 is 1.29 bits per heavy atom. The van der Waals surface area contributed by atoms with Gasteiger partial charge in [-0.3, -0.25) is 4.68 Å². The Kier molecular flexibility index (Phi) is 3.31. The predicted octanol–water partition coefficient (Wildman–Crippen LogP) is 3.44. The fraction of sp³-hybridized carbons (Fsp3) is 0.250. The summed E-state index contributed by atoms with van der Waals surface area (Å²) in [6, 6.07) is 5.45. The molecule has 0 unspecified atom stereocenters. The number of aryl methyl sites for hydroxylation is 1. The van der Waals surface area contributed by atoms with E-state index in [1.807, 2.05) is 30.7 Å². The number of nitrogens with two attached hydrogens (primary N) is 1. The van der Waals surface area contributed by atoms with Crippen LogP contribution in [0.1, 0.15) is 17.0 Å². The van der Waals surface area contributed by atoms with Gasteiger partial charge in [0, 0.05) is 10.0 Å². The highest BCUT2D eigenvalue weighted by Crippen LogP contribution is 2.23. The summed E-state index contributed by atoms with van der Waals surface area (Å²) in [7, 11) is 0. The number of nitrogens with zero attached hydrogens (tertiary/aromatic N) is 2. The summed E-state index contributed by atoms with van der Waals surface area (Å²) in [5, 5.41) is 5.64. The van der Waals surface area contributed by atoms with Crippen molar-refractivity contribution in [1.29, 1.82) is 0 Å². The molecule has 0 aliphatic rings. The molecule has 0 aliphatic carbocycles. The third-order valence-corrected chi connectivity index (χ3v) is 3.36. The Morgan fingerprint density at radius 3 is 2.53 bits per heavy atom. The van der Waals surface area contributed by atoms with Gasteiger partial charge in [-0.25, -0.2) is 0 Å². The quantitative estimate of drug-likeness (QED) is 0.908. The maximum Gasteiger partial charge on any atom is 0.0826 e. The Bertz CT molecular complexity index is 561. The largest absolute Gasteiger partial charge is 0.396 e. The molecule has 3 nitrogen and oxygen atoms in total. The number of nitrogen functional groups attached to an aromatic ring is 1. The highest BCUT2D eigenvalue weighted by molar-refractivity contribution is 6.35. The first-order valence-corrected chi connectivity index (χ1v) is 5.98. The van der Waals surface area contributed by atoms with Gasteiger partial charge in [-0.05, 0) is 31.5 Å². The minimum absolute atomic E-state index is 0.597. The number of aromatic nitrogens is 2. The second-order valence-electron chi connectivity index (χ2n) is 3.98. The van der Waals surface area contributed by atoms with Gasteiger partial charge < -0.3 is 5.73 Å². The van der Waals surface area contributed by atoms with E-state index in [2.05, 4.69) is 5.10 Å². The molecule has 1 aromatic heterocycles. The topological polar surface area (TPSA) is 43.8 Å². The van der Waals surface area contributed by atoms with Gasteiger partial charge >= 0.3 is 0 Å². The van der Waals surface area contributed by atoms with Crippen LogP contribution in [0.15, 0.2) is 18.2 Å². The van der Waals surface area contributed by atoms with Crippen molar-refractivity contribution < 1.29 is 0 Å². The molecule has 0 atom stereocenters. The van der Waals surface area contributed by atoms with E-state index in [1.165, 1.54) is 0 Å². The van der Waals surface area contributed by atoms with Gasteiger partial charge in [0.15, 0.2) is 0 Å². The molecule has 2 aromatic rings. The number of benzene rings is 1. The van der Waals surface area contributed by atoms with Crippen LogP contribution in [0.4, 0.5) is 5.69 Å². The second-order valence-corrected chi connectivity index (χ2v) is 4.82. The highest BCUT2D eigenvalue weighted by atomic mass is 35.5. The van der Waals surface area contributed by atoms with Gasteiger partial charge in [-0.15, -0.1) is 0 Å². The summed E-state index contributed by atoms with van der Waals surface area (Å²) in [5.41, 5.74) is 9.38. The lowest BCUT2D eigenvalue weighted by Crippen LogP contribution is -2.04. The van der Waals surface area contributed by atoms with E-state index in [0.29, 0.717) is 16.6 Å². The Labute approximate surface area is 110 Å². The molecule has 0 amide bonds. The molecule has 0 saturated carbocycles. The van der Waals surface area contributed by atoms with Crippen molar-refractivity contribution in [2.24, 2.45) is 0 Å². The molecule has 0 spiro atoms. The maximum absolute atomic E-state index is 6.12. The van der Waals surface area contributed by atoms with E-state index in [0.717, 1.165) is 22.6 Å². The van der Waals surface area contributed by atoms with Crippen LogP contribution in [-0.4, -0.2) is 9.78 Å². The molecular weight excluding hydrogens is 257 g/mol. The zero-order valence-corrected chi connectivity index (χ0v) is 11.2. The summed E-state index contributed by atoms with van der Waals surface area (Å²) in [6.45, 7) is 4.43. The van der Waals surface area contributed by atoms with E-state index in [1.54, 1.807) is 6.07 Å². The average Bonchev–Trinajstić information content (AvgIpc) is 2.50. The van der Waals surface area contributed by atoms with Crippen molar-refractivity contribution in [1.82, 2.24) is 9.78 Å². The molecule has 0 aliphatic heterocycles. The molecule has 2 N–H and O–H groups in total. The molecular formula is C12H13Cl2N3. The molecule has 1 heterocycles. The van der Waals surface area contributed by atoms with Crippen LogP contribution in [0.3, 0.4) is 0 Å². The summed E-state index contributed by atoms with van der Waals surface area (Å²) >= 11 is 12.0. The monoisotopic (exact) mass is 269 g/mol. The zero-order valence-electron chi connectivity index (χ0n) is 9.67. The normalized spacial score (nSPS) is 10.8. The third kappa shape index (κ3) is 2.40. The van der Waals surface area contributed by atoms with Gasteiger partial charge in [0.05, 0.1) is 23.6 Å². The highest BCUT2D eigenvalue weighted by Gasteiger charge is 2.10. The van der Waals surface area contributed by atoms with E-state index in [-0.39, 0.29) is 0 Å². The lowest BCUT2D eigenvalue weighted by atomic mass is 10.2. The molecule has 0 fully saturated rings. The Balaban J connectivity index is 2.34. The predicted molar refractivity (Wildman–Crippen MR) is 71.7 cm³/mol. The van der Waals surface area contributed by atoms with Crippen LogP contribution < -0.4 is 5.73 Å². The van der Waals surface area contributed by atoms with Crippen LogP contribution in [-0.2, 0) is 6.54 Å². The summed E-state index contributed by atoms with van der Waals surface area (Å²) in [5.74, 6) is 0. The average molecular weight is 270 g/mol. The minimum atomic E-state index is 0.597. The van der Waals surface area contributed by atoms with Crippen molar-refractivity contribution in [3.8, 4) is 0 Å². The molecule has 0 bridgehead atoms. The number of halogens is 2. The van der Waals surface area contributed by atoms with Crippen molar-refractivity contribution in [3.63, 3.8) is 0 Å². The number of hydrogen-bond acceptors (Lipinski definition) is 2. The van der Waals surface area contributed by atoms with Gasteiger partial charge in [-0.1, -0.05) is 29.3 Å². The van der Waals surface area contributed by atoms with Crippen molar-refractivity contribution in [3.05, 3.63) is 45.2 Å². The standard InChI is InChI=1S/C12H13Cl2N3/c1-7-12(15)8(2)17(16-7)6-9-3-4-10(13)5-11(9)14/h3-5H,6,15H2,1-2H3. The first-order chi connectivity index (χ1) is 7.99. The van der Waals surface area contributed by atoms with E-state index in [4.69, 9.17) is 28.9 Å². The first-order valence-electron chi connectivity index (χ1n) is 5.22. The van der Waals surface area contributed by atoms with Crippen LogP contribution >= 0.6 is 23.2 Å². The summed E-state index contributed by atoms with van der Waals surface area (Å²) in [4.78, 5) is 0. The van der Waals surface area contributed by atoms with E-state index >= 15 is 0 Å². The molecule has 5 heteroatoms. The lowest BCUT2D eigenvalue weighted by molar-refractivity contribution is 0.659. The third-order valence-electron chi connectivity index (χ3n) is 2.77. The molecule has 2 rings (SSSR count). The number of hydrogen-bond donors (Lipinski definition) is 1. The SMILES string of the molecule is Cc1nn(Cc2ccc(Cl)cc2Cl)c(C)c1N. The van der Waals surface area contributed by atoms with E-state index < -0.39 is 0 Å². The fourth-order valence-electron chi connectivity index (χ4n) is 1.68. The molecule has 90 valence electrons. The Morgan fingerprint density at radius 2 is 2.00 bits per heavy atom. The molecule has 17 heavy (non-hydrogen) atoms. The number of anilines is 1. The smallest absolute Gasteiger partial charge is 0.0826 e. The van der Waals surface area contributed by atoms with Gasteiger partial charge in [-0.2, -0.15) is 5.10 Å². The molecule has 0 radical (unpaired) electrons. The van der Waals surface area contributed by atoms with Gasteiger partial charge in [0.25, 0.3) is 0 Å². The van der Waals surface area contributed by atoms with Crippen molar-refractivity contribution in [2.45, 2.75) is 20.4 Å². The minimum Gasteiger partial charge on any atom is -0.396 e. The van der Waals surface area contributed by atoms with Crippen LogP contribution in [0.2, 0.25) is 10.0 Å². The fourth-order valence-corrected chi connectivity index (χ4v) is 2.14. The second kappa shape index (κ2) is 4.59.